The first-order valence-electron chi connectivity index (χ1n) is 28.5. The van der Waals surface area contributed by atoms with Gasteiger partial charge in [-0.1, -0.05) is 271 Å². The van der Waals surface area contributed by atoms with E-state index in [-0.39, 0.29) is 10.8 Å². The summed E-state index contributed by atoms with van der Waals surface area (Å²) >= 11 is 0. The Labute approximate surface area is 476 Å². The second kappa shape index (κ2) is 18.4. The summed E-state index contributed by atoms with van der Waals surface area (Å²) in [5, 5.41) is 0. The number of fused-ring (bicyclic) bond motifs is 13. The quantitative estimate of drug-likeness (QED) is 0.126. The molecule has 2 nitrogen and oxygen atoms in total. The van der Waals surface area contributed by atoms with Crippen molar-refractivity contribution in [1.82, 2.24) is 0 Å². The van der Waals surface area contributed by atoms with Crippen LogP contribution in [0.4, 0.5) is 28.4 Å². The highest BCUT2D eigenvalue weighted by molar-refractivity contribution is 6.05. The summed E-state index contributed by atoms with van der Waals surface area (Å²) in [7, 11) is 0. The van der Waals surface area contributed by atoms with Crippen molar-refractivity contribution in [3.8, 4) is 55.6 Å². The largest absolute Gasteiger partial charge is 0.311 e. The van der Waals surface area contributed by atoms with Gasteiger partial charge in [0.15, 0.2) is 0 Å². The summed E-state index contributed by atoms with van der Waals surface area (Å²) in [5.74, 6) is 0. The van der Waals surface area contributed by atoms with Crippen molar-refractivity contribution in [1.29, 1.82) is 0 Å². The molecule has 1 atom stereocenters. The summed E-state index contributed by atoms with van der Waals surface area (Å²) in [4.78, 5) is 5.26. The fourth-order valence-electron chi connectivity index (χ4n) is 14.7. The van der Waals surface area contributed by atoms with E-state index in [2.05, 4.69) is 317 Å². The van der Waals surface area contributed by atoms with Crippen LogP contribution in [0.3, 0.4) is 0 Å². The van der Waals surface area contributed by atoms with Gasteiger partial charge < -0.3 is 9.80 Å². The van der Waals surface area contributed by atoms with Crippen molar-refractivity contribution < 1.29 is 0 Å². The van der Waals surface area contributed by atoms with Gasteiger partial charge in [-0.05, 0) is 126 Å². The molecule has 0 heterocycles. The van der Waals surface area contributed by atoms with E-state index < -0.39 is 5.41 Å². The molecule has 0 saturated heterocycles. The maximum Gasteiger partial charge on any atom is 0.0902 e. The molecule has 0 N–H and O–H groups in total. The van der Waals surface area contributed by atoms with Crippen LogP contribution >= 0.6 is 0 Å². The Bertz CT molecular complexity index is 4440. The van der Waals surface area contributed by atoms with Gasteiger partial charge in [-0.25, -0.2) is 0 Å². The second-order valence-electron chi connectivity index (χ2n) is 23.1. The molecular weight excluding hydrogens is 977 g/mol. The minimum absolute atomic E-state index is 0.228. The van der Waals surface area contributed by atoms with Gasteiger partial charge in [0.05, 0.1) is 28.2 Å². The van der Waals surface area contributed by atoms with Crippen molar-refractivity contribution in [2.24, 2.45) is 0 Å². The molecule has 0 aromatic heterocycles. The molecular formula is C79H60N2. The topological polar surface area (TPSA) is 6.48 Å². The highest BCUT2D eigenvalue weighted by Gasteiger charge is 2.57. The minimum atomic E-state index is -0.895. The highest BCUT2D eigenvalue weighted by atomic mass is 15.2. The lowest BCUT2D eigenvalue weighted by molar-refractivity contribution is 0.660. The highest BCUT2D eigenvalue weighted by Crippen LogP contribution is 2.67. The predicted molar refractivity (Wildman–Crippen MR) is 340 cm³/mol. The molecule has 0 fully saturated rings. The van der Waals surface area contributed by atoms with Crippen LogP contribution in [0.1, 0.15) is 72.2 Å². The lowest BCUT2D eigenvalue weighted by atomic mass is 9.70. The molecule has 0 aliphatic heterocycles. The third kappa shape index (κ3) is 7.00. The van der Waals surface area contributed by atoms with Crippen LogP contribution in [-0.2, 0) is 16.2 Å². The van der Waals surface area contributed by atoms with Crippen LogP contribution in [0.25, 0.3) is 61.2 Å². The number of hydrogen-bond acceptors (Lipinski definition) is 2. The Morgan fingerprint density at radius 3 is 1.23 bits per heavy atom. The number of hydrogen-bond donors (Lipinski definition) is 0. The first-order chi connectivity index (χ1) is 39.7. The van der Waals surface area contributed by atoms with Gasteiger partial charge in [0.2, 0.25) is 0 Å². The Morgan fingerprint density at radius 1 is 0.321 bits per heavy atom. The lowest BCUT2D eigenvalue weighted by Gasteiger charge is -2.42. The smallest absolute Gasteiger partial charge is 0.0902 e. The molecule has 1 unspecified atom stereocenters. The average Bonchev–Trinajstić information content (AvgIpc) is 4.12. The van der Waals surface area contributed by atoms with Crippen molar-refractivity contribution in [2.45, 2.75) is 43.9 Å². The molecule has 2 heteroatoms. The van der Waals surface area contributed by atoms with Crippen molar-refractivity contribution >= 4 is 34.0 Å². The zero-order valence-electron chi connectivity index (χ0n) is 46.2. The van der Waals surface area contributed by atoms with Gasteiger partial charge in [0.1, 0.15) is 0 Å². The molecule has 0 bridgehead atoms. The van der Waals surface area contributed by atoms with Gasteiger partial charge in [0.25, 0.3) is 0 Å². The van der Waals surface area contributed by atoms with E-state index >= 15 is 0 Å². The summed E-state index contributed by atoms with van der Waals surface area (Å²) in [6.07, 6.45) is 6.38. The zero-order chi connectivity index (χ0) is 54.6. The number of rotatable bonds is 10. The molecule has 0 radical (unpaired) electrons. The third-order valence-corrected chi connectivity index (χ3v) is 18.2. The summed E-state index contributed by atoms with van der Waals surface area (Å²) in [6.45, 7) is 13.9. The van der Waals surface area contributed by atoms with Gasteiger partial charge in [-0.2, -0.15) is 0 Å². The third-order valence-electron chi connectivity index (χ3n) is 18.2. The van der Waals surface area contributed by atoms with Crippen LogP contribution in [-0.4, -0.2) is 0 Å². The summed E-state index contributed by atoms with van der Waals surface area (Å²) < 4.78 is 0. The van der Waals surface area contributed by atoms with E-state index in [1.807, 2.05) is 6.08 Å². The van der Waals surface area contributed by atoms with Crippen molar-refractivity contribution in [3.63, 3.8) is 0 Å². The van der Waals surface area contributed by atoms with Crippen LogP contribution in [0.15, 0.2) is 291 Å². The fraction of sp³-hybridized carbons (Fsp3) is 0.0886. The number of anilines is 5. The maximum absolute atomic E-state index is 4.31. The van der Waals surface area contributed by atoms with Gasteiger partial charge in [-0.3, -0.25) is 0 Å². The average molecular weight is 1040 g/mol. The number of para-hydroxylation sites is 2. The summed E-state index contributed by atoms with van der Waals surface area (Å²) in [6, 6.07) is 98.0. The number of benzene rings is 11. The SMILES string of the molecule is C=C/C=C\C1=C(N(c2ccc3c(c2)C(C)(C)c2ccccc2-3)c2ccccc2-c2ccccc2)C2(c3ccccc31)c1ccccc1-c1cccc(N(c3ccc4c(c3)C(C)(C)c3ccccc3-4)c3ccccc3-c3ccccc3)c12. The Balaban J connectivity index is 1.09. The van der Waals surface area contributed by atoms with Crippen LogP contribution in [0.2, 0.25) is 0 Å². The molecule has 0 amide bonds. The molecule has 11 aromatic carbocycles. The summed E-state index contributed by atoms with van der Waals surface area (Å²) in [5.41, 5.74) is 28.9. The second-order valence-corrected chi connectivity index (χ2v) is 23.1. The first kappa shape index (κ1) is 48.4. The number of nitrogens with zero attached hydrogens (tertiary/aromatic N) is 2. The van der Waals surface area contributed by atoms with E-state index in [1.54, 1.807) is 0 Å². The Kier molecular flexibility index (Phi) is 11.0. The van der Waals surface area contributed by atoms with E-state index in [0.717, 1.165) is 56.3 Å². The standard InChI is InChI=1S/C79H60N2/c1-6-7-31-65-61-37-17-23-42-69(61)79(76(65)81(73-44-25-19-33-57(73)53-29-12-9-13-30-53)55-47-49-63-59-35-15-21-40-67(59)78(4,5)71(63)51-55)68-41-22-16-36-60(68)64-38-26-45-74(75(64)79)80(72-43-24-18-32-56(72)52-27-10-8-11-28-52)54-46-48-62-58-34-14-20-39-66(58)77(2,3)70(62)50-54/h6-51H,1H2,2-5H3/b31-7-. The van der Waals surface area contributed by atoms with Crippen LogP contribution in [0, 0.1) is 0 Å². The normalized spacial score (nSPS) is 16.1. The van der Waals surface area contributed by atoms with Crippen molar-refractivity contribution in [3.05, 3.63) is 336 Å². The first-order valence-corrected chi connectivity index (χ1v) is 28.5. The van der Waals surface area contributed by atoms with Crippen molar-refractivity contribution in [2.75, 3.05) is 9.80 Å². The molecule has 81 heavy (non-hydrogen) atoms. The van der Waals surface area contributed by atoms with E-state index in [4.69, 9.17) is 0 Å². The zero-order valence-corrected chi connectivity index (χ0v) is 46.2. The van der Waals surface area contributed by atoms with Gasteiger partial charge in [0, 0.05) is 44.5 Å². The monoisotopic (exact) mass is 1040 g/mol. The molecule has 4 aliphatic rings. The molecule has 386 valence electrons. The lowest BCUT2D eigenvalue weighted by Crippen LogP contribution is -2.37. The molecule has 11 aromatic rings. The molecule has 0 saturated carbocycles. The molecule has 15 rings (SSSR count). The van der Waals surface area contributed by atoms with Gasteiger partial charge >= 0.3 is 0 Å². The minimum Gasteiger partial charge on any atom is -0.311 e. The Morgan fingerprint density at radius 2 is 0.704 bits per heavy atom. The van der Waals surface area contributed by atoms with E-state index in [1.165, 1.54) is 83.6 Å². The molecule has 4 aliphatic carbocycles. The molecule has 1 spiro atoms. The van der Waals surface area contributed by atoms with E-state index in [9.17, 15) is 0 Å². The fourth-order valence-corrected chi connectivity index (χ4v) is 14.7. The Hall–Kier alpha value is -9.76. The van der Waals surface area contributed by atoms with Crippen LogP contribution in [0.5, 0.6) is 0 Å². The number of allylic oxidation sites excluding steroid dienone is 5. The maximum atomic E-state index is 4.31. The van der Waals surface area contributed by atoms with Crippen LogP contribution < -0.4 is 9.80 Å². The van der Waals surface area contributed by atoms with E-state index in [0.29, 0.717) is 0 Å². The van der Waals surface area contributed by atoms with Gasteiger partial charge in [-0.15, -0.1) is 0 Å². The predicted octanol–water partition coefficient (Wildman–Crippen LogP) is 20.7.